The molecule has 28 heavy (non-hydrogen) atoms. The molecule has 0 radical (unpaired) electrons. The number of fused-ring (bicyclic) bond motifs is 1. The molecule has 4 rings (SSSR count). The van der Waals surface area contributed by atoms with Gasteiger partial charge in [-0.1, -0.05) is 30.3 Å². The van der Waals surface area contributed by atoms with E-state index >= 15 is 0 Å². The fourth-order valence-electron chi connectivity index (χ4n) is 4.61. The smallest absolute Gasteiger partial charge is 0.193 e. The van der Waals surface area contributed by atoms with E-state index in [2.05, 4.69) is 68.9 Å². The largest absolute Gasteiger partial charge is 0.356 e. The fraction of sp³-hybridized carbons (Fsp3) is 0.500. The first-order valence-corrected chi connectivity index (χ1v) is 10.9. The van der Waals surface area contributed by atoms with Crippen LogP contribution in [-0.4, -0.2) is 49.5 Å². The highest BCUT2D eigenvalue weighted by molar-refractivity contribution is 14.0. The van der Waals surface area contributed by atoms with E-state index in [1.165, 1.54) is 35.4 Å². The van der Waals surface area contributed by atoms with E-state index in [4.69, 9.17) is 0 Å². The Morgan fingerprint density at radius 2 is 2.00 bits per heavy atom. The minimum atomic E-state index is 0. The van der Waals surface area contributed by atoms with E-state index in [0.29, 0.717) is 12.0 Å². The molecule has 0 amide bonds. The van der Waals surface area contributed by atoms with Crippen molar-refractivity contribution < 1.29 is 0 Å². The second-order valence-corrected chi connectivity index (χ2v) is 8.69. The van der Waals surface area contributed by atoms with Crippen LogP contribution in [0, 0.1) is 5.92 Å². The number of thiophene rings is 1. The first-order chi connectivity index (χ1) is 13.3. The molecule has 4 nitrogen and oxygen atoms in total. The number of aliphatic imine (C=N–C) groups is 1. The number of halogens is 1. The van der Waals surface area contributed by atoms with Gasteiger partial charge in [-0.25, -0.2) is 0 Å². The Bertz CT molecular complexity index is 777. The van der Waals surface area contributed by atoms with Crippen molar-refractivity contribution in [1.29, 1.82) is 0 Å². The number of nitrogens with one attached hydrogen (secondary N) is 1. The summed E-state index contributed by atoms with van der Waals surface area (Å²) < 4.78 is 0. The van der Waals surface area contributed by atoms with Crippen LogP contribution >= 0.6 is 35.3 Å². The Balaban J connectivity index is 0.00000225. The molecule has 2 atom stereocenters. The molecule has 1 saturated heterocycles. The monoisotopic (exact) mass is 510 g/mol. The predicted octanol–water partition coefficient (Wildman–Crippen LogP) is 4.38. The summed E-state index contributed by atoms with van der Waals surface area (Å²) in [4.78, 5) is 11.0. The van der Waals surface area contributed by atoms with Gasteiger partial charge in [-0.2, -0.15) is 0 Å². The summed E-state index contributed by atoms with van der Waals surface area (Å²) in [5.41, 5.74) is 2.91. The zero-order valence-electron chi connectivity index (χ0n) is 16.8. The summed E-state index contributed by atoms with van der Waals surface area (Å²) in [6.07, 6.45) is 3.65. The van der Waals surface area contributed by atoms with Gasteiger partial charge < -0.3 is 10.2 Å². The van der Waals surface area contributed by atoms with Gasteiger partial charge in [-0.15, -0.1) is 35.3 Å². The number of piperidine rings is 1. The first-order valence-electron chi connectivity index (χ1n) is 10.0. The molecular formula is C22H31IN4S. The van der Waals surface area contributed by atoms with E-state index in [1.54, 1.807) is 0 Å². The predicted molar refractivity (Wildman–Crippen MR) is 130 cm³/mol. The summed E-state index contributed by atoms with van der Waals surface area (Å²) in [7, 11) is 4.18. The van der Waals surface area contributed by atoms with Crippen LogP contribution in [0.2, 0.25) is 0 Å². The highest BCUT2D eigenvalue weighted by Crippen LogP contribution is 2.36. The molecule has 2 aromatic rings. The summed E-state index contributed by atoms with van der Waals surface area (Å²) in [5, 5.41) is 5.91. The fourth-order valence-corrected chi connectivity index (χ4v) is 5.60. The summed E-state index contributed by atoms with van der Waals surface area (Å²) in [6, 6.07) is 13.8. The van der Waals surface area contributed by atoms with Crippen LogP contribution in [0.1, 0.15) is 34.9 Å². The standard InChI is InChI=1S/C22H30N4S.HI/c1-23-22(26-13-11-17-7-3-4-8-19(17)16-26)24-15-18-9-5-12-25(2)21(18)20-10-6-14-27-20;/h3-4,6-8,10,14,18,21H,5,9,11-13,15-16H2,1-2H3,(H,23,24);1H. The van der Waals surface area contributed by atoms with Crippen molar-refractivity contribution in [3.8, 4) is 0 Å². The molecule has 2 aliphatic rings. The van der Waals surface area contributed by atoms with Crippen molar-refractivity contribution in [2.45, 2.75) is 31.8 Å². The van der Waals surface area contributed by atoms with E-state index in [0.717, 1.165) is 32.0 Å². The van der Waals surface area contributed by atoms with Crippen LogP contribution < -0.4 is 5.32 Å². The third kappa shape index (κ3) is 4.71. The maximum atomic E-state index is 4.60. The summed E-state index contributed by atoms with van der Waals surface area (Å²) >= 11 is 1.89. The van der Waals surface area contributed by atoms with Gasteiger partial charge in [-0.05, 0) is 61.3 Å². The topological polar surface area (TPSA) is 30.9 Å². The van der Waals surface area contributed by atoms with Gasteiger partial charge in [0.05, 0.1) is 0 Å². The molecule has 2 unspecified atom stereocenters. The molecule has 0 bridgehead atoms. The van der Waals surface area contributed by atoms with Crippen LogP contribution in [0.25, 0.3) is 0 Å². The molecule has 0 spiro atoms. The van der Waals surface area contributed by atoms with Gasteiger partial charge in [0.15, 0.2) is 5.96 Å². The van der Waals surface area contributed by atoms with E-state index in [-0.39, 0.29) is 24.0 Å². The van der Waals surface area contributed by atoms with Gasteiger partial charge in [0.25, 0.3) is 0 Å². The van der Waals surface area contributed by atoms with Gasteiger partial charge in [-0.3, -0.25) is 9.89 Å². The van der Waals surface area contributed by atoms with E-state index in [1.807, 2.05) is 18.4 Å². The number of likely N-dealkylation sites (tertiary alicyclic amines) is 1. The summed E-state index contributed by atoms with van der Waals surface area (Å²) in [6.45, 7) is 4.17. The average molecular weight is 510 g/mol. The number of nitrogens with zero attached hydrogens (tertiary/aromatic N) is 3. The molecule has 1 N–H and O–H groups in total. The second kappa shape index (κ2) is 10.1. The lowest BCUT2D eigenvalue weighted by Crippen LogP contribution is -2.47. The van der Waals surface area contributed by atoms with Gasteiger partial charge in [0.2, 0.25) is 0 Å². The minimum Gasteiger partial charge on any atom is -0.356 e. The van der Waals surface area contributed by atoms with Crippen LogP contribution in [0.3, 0.4) is 0 Å². The van der Waals surface area contributed by atoms with Crippen LogP contribution in [0.15, 0.2) is 46.8 Å². The SMILES string of the molecule is CN=C(NCC1CCCN(C)C1c1cccs1)N1CCc2ccccc2C1.I. The van der Waals surface area contributed by atoms with E-state index < -0.39 is 0 Å². The number of hydrogen-bond donors (Lipinski definition) is 1. The first kappa shape index (κ1) is 21.6. The maximum absolute atomic E-state index is 4.60. The quantitative estimate of drug-likeness (QED) is 0.378. The lowest BCUT2D eigenvalue weighted by molar-refractivity contribution is 0.124. The second-order valence-electron chi connectivity index (χ2n) is 7.71. The Labute approximate surface area is 190 Å². The Morgan fingerprint density at radius 1 is 1.18 bits per heavy atom. The molecule has 6 heteroatoms. The van der Waals surface area contributed by atoms with Gasteiger partial charge >= 0.3 is 0 Å². The number of hydrogen-bond acceptors (Lipinski definition) is 3. The van der Waals surface area contributed by atoms with Crippen LogP contribution in [0.5, 0.6) is 0 Å². The molecule has 1 aromatic carbocycles. The van der Waals surface area contributed by atoms with Crippen molar-refractivity contribution in [2.24, 2.45) is 10.9 Å². The average Bonchev–Trinajstić information content (AvgIpc) is 3.22. The van der Waals surface area contributed by atoms with E-state index in [9.17, 15) is 0 Å². The highest BCUT2D eigenvalue weighted by atomic mass is 127. The number of guanidine groups is 1. The third-order valence-corrected chi connectivity index (χ3v) is 6.95. The number of rotatable bonds is 3. The Kier molecular flexibility index (Phi) is 7.77. The van der Waals surface area contributed by atoms with Crippen molar-refractivity contribution in [1.82, 2.24) is 15.1 Å². The van der Waals surface area contributed by atoms with Crippen molar-refractivity contribution in [3.63, 3.8) is 0 Å². The third-order valence-electron chi connectivity index (χ3n) is 6.01. The molecule has 1 aromatic heterocycles. The molecule has 0 saturated carbocycles. The van der Waals surface area contributed by atoms with Crippen molar-refractivity contribution >= 4 is 41.3 Å². The Hall–Kier alpha value is -1.12. The van der Waals surface area contributed by atoms with Crippen LogP contribution in [0.4, 0.5) is 0 Å². The minimum absolute atomic E-state index is 0. The maximum Gasteiger partial charge on any atom is 0.193 e. The lowest BCUT2D eigenvalue weighted by atomic mass is 9.88. The van der Waals surface area contributed by atoms with Crippen molar-refractivity contribution in [3.05, 3.63) is 57.8 Å². The van der Waals surface area contributed by atoms with Gasteiger partial charge in [0.1, 0.15) is 0 Å². The molecular weight excluding hydrogens is 479 g/mol. The molecule has 1 fully saturated rings. The number of benzene rings is 1. The molecule has 152 valence electrons. The van der Waals surface area contributed by atoms with Gasteiger partial charge in [0, 0.05) is 37.6 Å². The van der Waals surface area contributed by atoms with Crippen LogP contribution in [-0.2, 0) is 13.0 Å². The zero-order valence-corrected chi connectivity index (χ0v) is 20.0. The molecule has 0 aliphatic carbocycles. The van der Waals surface area contributed by atoms with Crippen molar-refractivity contribution in [2.75, 3.05) is 33.7 Å². The zero-order chi connectivity index (χ0) is 18.6. The lowest BCUT2D eigenvalue weighted by Gasteiger charge is -2.40. The normalized spacial score (nSPS) is 23.1. The molecule has 3 heterocycles. The Morgan fingerprint density at radius 3 is 2.75 bits per heavy atom. The molecule has 2 aliphatic heterocycles. The summed E-state index contributed by atoms with van der Waals surface area (Å²) in [5.74, 6) is 1.67. The highest BCUT2D eigenvalue weighted by Gasteiger charge is 2.31.